The lowest BCUT2D eigenvalue weighted by Crippen LogP contribution is -2.27. The normalized spacial score (nSPS) is 24.6. The number of hydrogen-bond acceptors (Lipinski definition) is 1. The van der Waals surface area contributed by atoms with E-state index in [-0.39, 0.29) is 0 Å². The van der Waals surface area contributed by atoms with Crippen molar-refractivity contribution in [3.05, 3.63) is 22.7 Å². The predicted octanol–water partition coefficient (Wildman–Crippen LogP) is 2.20. The van der Waals surface area contributed by atoms with Crippen LogP contribution < -0.4 is 5.32 Å². The van der Waals surface area contributed by atoms with Gasteiger partial charge in [-0.3, -0.25) is 0 Å². The average molecular weight is 202 g/mol. The third kappa shape index (κ3) is 2.27. The number of nitrogens with one attached hydrogen (secondary N) is 1. The molecule has 0 bridgehead atoms. The molecule has 0 aromatic heterocycles. The minimum absolute atomic E-state index is 0.532. The minimum Gasteiger partial charge on any atom is -0.310 e. The van der Waals surface area contributed by atoms with Gasteiger partial charge in [0.05, 0.1) is 0 Å². The van der Waals surface area contributed by atoms with Crippen LogP contribution >= 0.6 is 15.9 Å². The van der Waals surface area contributed by atoms with Crippen molar-refractivity contribution >= 4 is 15.9 Å². The Labute approximate surface area is 70.3 Å². The molecule has 0 heterocycles. The van der Waals surface area contributed by atoms with Crippen molar-refractivity contribution in [1.29, 1.82) is 0 Å². The van der Waals surface area contributed by atoms with E-state index in [9.17, 15) is 0 Å². The van der Waals surface area contributed by atoms with Crippen LogP contribution in [-0.2, 0) is 0 Å². The smallest absolute Gasteiger partial charge is 0.0298 e. The summed E-state index contributed by atoms with van der Waals surface area (Å²) in [6.45, 7) is 3.16. The molecule has 0 saturated heterocycles. The van der Waals surface area contributed by atoms with E-state index in [1.165, 1.54) is 4.48 Å². The zero-order chi connectivity index (χ0) is 7.40. The average Bonchev–Trinajstić information content (AvgIpc) is 1.88. The Morgan fingerprint density at radius 1 is 1.80 bits per heavy atom. The first-order valence-corrected chi connectivity index (χ1v) is 4.38. The van der Waals surface area contributed by atoms with Crippen LogP contribution in [0, 0.1) is 0 Å². The number of rotatable bonds is 2. The fraction of sp³-hybridized carbons (Fsp3) is 0.500. The maximum atomic E-state index is 3.47. The van der Waals surface area contributed by atoms with E-state index in [2.05, 4.69) is 46.4 Å². The quantitative estimate of drug-likeness (QED) is 0.723. The fourth-order valence-corrected chi connectivity index (χ4v) is 1.54. The summed E-state index contributed by atoms with van der Waals surface area (Å²) in [6.07, 6.45) is 7.45. The molecule has 1 aliphatic rings. The highest BCUT2D eigenvalue weighted by Gasteiger charge is 2.06. The summed E-state index contributed by atoms with van der Waals surface area (Å²) in [4.78, 5) is 0. The number of halogens is 1. The molecule has 0 fully saturated rings. The van der Waals surface area contributed by atoms with Crippen LogP contribution in [-0.4, -0.2) is 12.6 Å². The Bertz CT molecular complexity index is 161. The molecule has 0 aliphatic heterocycles. The Morgan fingerprint density at radius 2 is 2.60 bits per heavy atom. The monoisotopic (exact) mass is 201 g/mol. The van der Waals surface area contributed by atoms with E-state index < -0.39 is 0 Å². The molecule has 0 radical (unpaired) electrons. The van der Waals surface area contributed by atoms with Gasteiger partial charge in [-0.15, -0.1) is 0 Å². The number of allylic oxidation sites excluding steroid dienone is 2. The van der Waals surface area contributed by atoms with Crippen LogP contribution in [0.15, 0.2) is 22.7 Å². The maximum Gasteiger partial charge on any atom is 0.0298 e. The Hall–Kier alpha value is -0.0800. The summed E-state index contributed by atoms with van der Waals surface area (Å²) in [5, 5.41) is 3.36. The van der Waals surface area contributed by atoms with Crippen LogP contribution in [0.1, 0.15) is 13.3 Å². The van der Waals surface area contributed by atoms with E-state index in [0.29, 0.717) is 6.04 Å². The van der Waals surface area contributed by atoms with Gasteiger partial charge in [-0.25, -0.2) is 0 Å². The molecular weight excluding hydrogens is 190 g/mol. The predicted molar refractivity (Wildman–Crippen MR) is 48.2 cm³/mol. The summed E-state index contributed by atoms with van der Waals surface area (Å²) in [5.41, 5.74) is 0. The molecule has 1 nitrogen and oxygen atoms in total. The molecule has 2 heteroatoms. The first kappa shape index (κ1) is 8.02. The zero-order valence-electron chi connectivity index (χ0n) is 6.10. The van der Waals surface area contributed by atoms with Crippen molar-refractivity contribution in [2.75, 3.05) is 6.54 Å². The van der Waals surface area contributed by atoms with E-state index in [1.807, 2.05) is 0 Å². The molecule has 0 amide bonds. The van der Waals surface area contributed by atoms with Gasteiger partial charge in [0.2, 0.25) is 0 Å². The van der Waals surface area contributed by atoms with Gasteiger partial charge >= 0.3 is 0 Å². The van der Waals surface area contributed by atoms with Gasteiger partial charge in [0, 0.05) is 6.04 Å². The van der Waals surface area contributed by atoms with Crippen molar-refractivity contribution < 1.29 is 0 Å². The molecule has 10 heavy (non-hydrogen) atoms. The van der Waals surface area contributed by atoms with Gasteiger partial charge in [0.15, 0.2) is 0 Å². The topological polar surface area (TPSA) is 12.0 Å². The molecular formula is C8H12BrN. The molecule has 0 aromatic rings. The highest BCUT2D eigenvalue weighted by atomic mass is 79.9. The lowest BCUT2D eigenvalue weighted by atomic mass is 10.1. The summed E-state index contributed by atoms with van der Waals surface area (Å²) in [7, 11) is 0. The Balaban J connectivity index is 2.39. The minimum atomic E-state index is 0.532. The van der Waals surface area contributed by atoms with E-state index in [0.717, 1.165) is 13.0 Å². The highest BCUT2D eigenvalue weighted by molar-refractivity contribution is 9.11. The lowest BCUT2D eigenvalue weighted by molar-refractivity contribution is 0.616. The third-order valence-electron chi connectivity index (χ3n) is 1.50. The van der Waals surface area contributed by atoms with Crippen LogP contribution in [0.3, 0.4) is 0 Å². The van der Waals surface area contributed by atoms with Crippen molar-refractivity contribution in [1.82, 2.24) is 5.32 Å². The standard InChI is InChI=1S/C8H12BrN/c1-2-10-8-5-3-4-7(9)6-8/h3-5,8,10H,2,6H2,1H3. The van der Waals surface area contributed by atoms with E-state index in [4.69, 9.17) is 0 Å². The van der Waals surface area contributed by atoms with Crippen LogP contribution in [0.5, 0.6) is 0 Å². The molecule has 56 valence electrons. The Morgan fingerprint density at radius 3 is 3.20 bits per heavy atom. The fourth-order valence-electron chi connectivity index (χ4n) is 1.04. The zero-order valence-corrected chi connectivity index (χ0v) is 7.69. The second kappa shape index (κ2) is 3.94. The third-order valence-corrected chi connectivity index (χ3v) is 2.09. The second-order valence-electron chi connectivity index (χ2n) is 2.37. The molecule has 1 unspecified atom stereocenters. The largest absolute Gasteiger partial charge is 0.310 e. The van der Waals surface area contributed by atoms with Crippen molar-refractivity contribution in [3.63, 3.8) is 0 Å². The highest BCUT2D eigenvalue weighted by Crippen LogP contribution is 2.17. The maximum absolute atomic E-state index is 3.47. The molecule has 1 atom stereocenters. The van der Waals surface area contributed by atoms with Gasteiger partial charge in [-0.2, -0.15) is 0 Å². The second-order valence-corrected chi connectivity index (χ2v) is 3.39. The summed E-state index contributed by atoms with van der Waals surface area (Å²) < 4.78 is 1.28. The summed E-state index contributed by atoms with van der Waals surface area (Å²) in [5.74, 6) is 0. The van der Waals surface area contributed by atoms with Crippen LogP contribution in [0.4, 0.5) is 0 Å². The molecule has 1 N–H and O–H groups in total. The van der Waals surface area contributed by atoms with Crippen LogP contribution in [0.2, 0.25) is 0 Å². The first-order chi connectivity index (χ1) is 4.83. The van der Waals surface area contributed by atoms with Gasteiger partial charge in [-0.05, 0) is 17.4 Å². The van der Waals surface area contributed by atoms with Crippen molar-refractivity contribution in [3.8, 4) is 0 Å². The molecule has 1 aliphatic carbocycles. The van der Waals surface area contributed by atoms with Gasteiger partial charge in [0.1, 0.15) is 0 Å². The number of hydrogen-bond donors (Lipinski definition) is 1. The van der Waals surface area contributed by atoms with Gasteiger partial charge in [0.25, 0.3) is 0 Å². The van der Waals surface area contributed by atoms with Gasteiger partial charge in [-0.1, -0.05) is 41.1 Å². The SMILES string of the molecule is CCNC1C=CC=C(Br)C1. The summed E-state index contributed by atoms with van der Waals surface area (Å²) >= 11 is 3.47. The van der Waals surface area contributed by atoms with Crippen molar-refractivity contribution in [2.24, 2.45) is 0 Å². The molecule has 0 aromatic carbocycles. The molecule has 1 rings (SSSR count). The van der Waals surface area contributed by atoms with Crippen molar-refractivity contribution in [2.45, 2.75) is 19.4 Å². The first-order valence-electron chi connectivity index (χ1n) is 3.59. The van der Waals surface area contributed by atoms with Crippen LogP contribution in [0.25, 0.3) is 0 Å². The number of likely N-dealkylation sites (N-methyl/N-ethyl adjacent to an activating group) is 1. The Kier molecular flexibility index (Phi) is 3.16. The molecule has 0 spiro atoms. The molecule has 0 saturated carbocycles. The van der Waals surface area contributed by atoms with E-state index >= 15 is 0 Å². The van der Waals surface area contributed by atoms with Gasteiger partial charge < -0.3 is 5.32 Å². The lowest BCUT2D eigenvalue weighted by Gasteiger charge is -2.15. The summed E-state index contributed by atoms with van der Waals surface area (Å²) in [6, 6.07) is 0.532. The van der Waals surface area contributed by atoms with E-state index in [1.54, 1.807) is 0 Å².